The highest BCUT2D eigenvalue weighted by molar-refractivity contribution is 8.00. The molecule has 0 spiro atoms. The molecule has 3 aromatic carbocycles. The van der Waals surface area contributed by atoms with Crippen LogP contribution in [0.3, 0.4) is 0 Å². The van der Waals surface area contributed by atoms with Crippen LogP contribution >= 0.6 is 11.8 Å². The number of anilines is 1. The molecule has 1 aromatic heterocycles. The van der Waals surface area contributed by atoms with Gasteiger partial charge in [0.1, 0.15) is 18.1 Å². The number of nitrogens with zero attached hydrogens (tertiary/aromatic N) is 4. The first-order valence-corrected chi connectivity index (χ1v) is 14.7. The minimum atomic E-state index is -0.167. The molecule has 1 saturated heterocycles. The van der Waals surface area contributed by atoms with Crippen LogP contribution in [-0.2, 0) is 14.3 Å². The fraction of sp³-hybridized carbons (Fsp3) is 0.281. The Labute approximate surface area is 243 Å². The Morgan fingerprint density at radius 3 is 2.49 bits per heavy atom. The molecule has 2 amide bonds. The molecule has 6 rings (SSSR count). The number of hydrogen-bond acceptors (Lipinski definition) is 6. The quantitative estimate of drug-likeness (QED) is 0.330. The summed E-state index contributed by atoms with van der Waals surface area (Å²) < 4.78 is 12.7. The number of aryl methyl sites for hydroxylation is 1. The lowest BCUT2D eigenvalue weighted by Crippen LogP contribution is -2.48. The fourth-order valence-electron chi connectivity index (χ4n) is 5.38. The number of thioether (sulfide) groups is 1. The highest BCUT2D eigenvalue weighted by Gasteiger charge is 2.38. The zero-order valence-electron chi connectivity index (χ0n) is 23.2. The number of methoxy groups -OCH3 is 1. The molecule has 0 N–H and O–H groups in total. The Bertz CT molecular complexity index is 1550. The number of carbonyl (C=O) groups is 2. The van der Waals surface area contributed by atoms with Crippen LogP contribution in [0, 0.1) is 6.92 Å². The van der Waals surface area contributed by atoms with E-state index >= 15 is 0 Å². The van der Waals surface area contributed by atoms with Gasteiger partial charge in [-0.25, -0.2) is 4.68 Å². The van der Waals surface area contributed by atoms with Gasteiger partial charge in [0.05, 0.1) is 42.7 Å². The number of morpholine rings is 1. The van der Waals surface area contributed by atoms with Gasteiger partial charge in [-0.3, -0.25) is 14.5 Å². The molecule has 0 aliphatic carbocycles. The van der Waals surface area contributed by atoms with E-state index in [1.54, 1.807) is 28.7 Å². The standard InChI is InChI=1S/C32H32N4O4S/c1-22-7-6-10-24(19-22)31-29-30(23-8-4-3-5-9-23)33-36(25-11-13-26(39-2)14-12-25)32(29)35(28(38)21-41-31)20-27(37)34-15-17-40-18-16-34/h3-14,19,31H,15-18,20-21H2,1-2H3/t31-/m1/s1. The normalized spacial score (nSPS) is 17.2. The van der Waals surface area contributed by atoms with Gasteiger partial charge < -0.3 is 14.4 Å². The molecule has 0 bridgehead atoms. The van der Waals surface area contributed by atoms with Crippen LogP contribution in [-0.4, -0.2) is 72.2 Å². The highest BCUT2D eigenvalue weighted by Crippen LogP contribution is 2.48. The van der Waals surface area contributed by atoms with Gasteiger partial charge in [0.2, 0.25) is 11.8 Å². The average Bonchev–Trinajstić information content (AvgIpc) is 3.34. The van der Waals surface area contributed by atoms with Gasteiger partial charge in [0.15, 0.2) is 0 Å². The van der Waals surface area contributed by atoms with Crippen LogP contribution in [0.4, 0.5) is 5.82 Å². The molecule has 2 aliphatic heterocycles. The molecular formula is C32H32N4O4S. The van der Waals surface area contributed by atoms with E-state index in [1.165, 1.54) is 0 Å². The maximum Gasteiger partial charge on any atom is 0.242 e. The Morgan fingerprint density at radius 1 is 1.02 bits per heavy atom. The Balaban J connectivity index is 1.58. The predicted octanol–water partition coefficient (Wildman–Crippen LogP) is 4.88. The lowest BCUT2D eigenvalue weighted by Gasteiger charge is -2.30. The monoisotopic (exact) mass is 568 g/mol. The van der Waals surface area contributed by atoms with Crippen molar-refractivity contribution in [3.8, 4) is 22.7 Å². The smallest absolute Gasteiger partial charge is 0.242 e. The summed E-state index contributed by atoms with van der Waals surface area (Å²) in [4.78, 5) is 30.9. The van der Waals surface area contributed by atoms with Gasteiger partial charge in [0, 0.05) is 24.2 Å². The molecule has 0 saturated carbocycles. The van der Waals surface area contributed by atoms with Crippen molar-refractivity contribution < 1.29 is 19.1 Å². The zero-order valence-corrected chi connectivity index (χ0v) is 24.0. The van der Waals surface area contributed by atoms with Crippen molar-refractivity contribution in [3.05, 3.63) is 95.6 Å². The second-order valence-corrected chi connectivity index (χ2v) is 11.2. The third kappa shape index (κ3) is 5.47. The molecule has 8 nitrogen and oxygen atoms in total. The molecule has 210 valence electrons. The predicted molar refractivity (Wildman–Crippen MR) is 161 cm³/mol. The lowest BCUT2D eigenvalue weighted by molar-refractivity contribution is -0.134. The summed E-state index contributed by atoms with van der Waals surface area (Å²) in [6, 6.07) is 26.0. The molecule has 0 unspecified atom stereocenters. The number of fused-ring (bicyclic) bond motifs is 1. The van der Waals surface area contributed by atoms with Gasteiger partial charge in [0.25, 0.3) is 0 Å². The molecule has 1 atom stereocenters. The summed E-state index contributed by atoms with van der Waals surface area (Å²) in [6.07, 6.45) is 0. The number of ether oxygens (including phenoxy) is 2. The first-order chi connectivity index (χ1) is 20.0. The molecule has 0 radical (unpaired) electrons. The maximum atomic E-state index is 13.9. The lowest BCUT2D eigenvalue weighted by atomic mass is 9.98. The van der Waals surface area contributed by atoms with Crippen molar-refractivity contribution >= 4 is 29.4 Å². The van der Waals surface area contributed by atoms with E-state index in [-0.39, 0.29) is 29.4 Å². The molecule has 3 heterocycles. The van der Waals surface area contributed by atoms with Crippen molar-refractivity contribution in [3.63, 3.8) is 0 Å². The van der Waals surface area contributed by atoms with E-state index in [1.807, 2.05) is 65.3 Å². The Morgan fingerprint density at radius 2 is 1.78 bits per heavy atom. The molecule has 41 heavy (non-hydrogen) atoms. The SMILES string of the molecule is COc1ccc(-n2nc(-c3ccccc3)c3c2N(CC(=O)N2CCOCC2)C(=O)CS[C@@H]3c2cccc(C)c2)cc1. The van der Waals surface area contributed by atoms with E-state index < -0.39 is 0 Å². The second kappa shape index (κ2) is 11.8. The molecule has 4 aromatic rings. The highest BCUT2D eigenvalue weighted by atomic mass is 32.2. The van der Waals surface area contributed by atoms with Crippen LogP contribution < -0.4 is 9.64 Å². The van der Waals surface area contributed by atoms with Crippen molar-refractivity contribution in [2.75, 3.05) is 50.6 Å². The largest absolute Gasteiger partial charge is 0.497 e. The van der Waals surface area contributed by atoms with E-state index in [0.29, 0.717) is 32.1 Å². The zero-order chi connectivity index (χ0) is 28.3. The van der Waals surface area contributed by atoms with Gasteiger partial charge in [-0.2, -0.15) is 5.10 Å². The maximum absolute atomic E-state index is 13.9. The minimum absolute atomic E-state index is 0.0665. The molecule has 2 aliphatic rings. The van der Waals surface area contributed by atoms with Crippen LogP contribution in [0.25, 0.3) is 16.9 Å². The van der Waals surface area contributed by atoms with E-state index in [9.17, 15) is 9.59 Å². The number of benzene rings is 3. The minimum Gasteiger partial charge on any atom is -0.497 e. The number of amides is 2. The summed E-state index contributed by atoms with van der Waals surface area (Å²) in [5.41, 5.74) is 5.66. The van der Waals surface area contributed by atoms with E-state index in [2.05, 4.69) is 25.1 Å². The summed E-state index contributed by atoms with van der Waals surface area (Å²) >= 11 is 1.58. The van der Waals surface area contributed by atoms with E-state index in [0.717, 1.165) is 39.4 Å². The van der Waals surface area contributed by atoms with Crippen molar-refractivity contribution in [2.45, 2.75) is 12.2 Å². The summed E-state index contributed by atoms with van der Waals surface area (Å²) in [5, 5.41) is 4.99. The number of aromatic nitrogens is 2. The third-order valence-corrected chi connectivity index (χ3v) is 8.71. The molecular weight excluding hydrogens is 536 g/mol. The van der Waals surface area contributed by atoms with Crippen LogP contribution in [0.15, 0.2) is 78.9 Å². The number of rotatable bonds is 6. The van der Waals surface area contributed by atoms with E-state index in [4.69, 9.17) is 14.6 Å². The summed E-state index contributed by atoms with van der Waals surface area (Å²) in [6.45, 7) is 4.03. The topological polar surface area (TPSA) is 76.9 Å². The van der Waals surface area contributed by atoms with Crippen molar-refractivity contribution in [2.24, 2.45) is 0 Å². The summed E-state index contributed by atoms with van der Waals surface area (Å²) in [5.74, 6) is 1.36. The van der Waals surface area contributed by atoms with Crippen LogP contribution in [0.5, 0.6) is 5.75 Å². The van der Waals surface area contributed by atoms with Crippen molar-refractivity contribution in [1.29, 1.82) is 0 Å². The van der Waals surface area contributed by atoms with Crippen LogP contribution in [0.2, 0.25) is 0 Å². The second-order valence-electron chi connectivity index (χ2n) is 10.1. The fourth-order valence-corrected chi connectivity index (χ4v) is 6.56. The first kappa shape index (κ1) is 27.1. The van der Waals surface area contributed by atoms with Crippen LogP contribution in [0.1, 0.15) is 21.9 Å². The van der Waals surface area contributed by atoms with Gasteiger partial charge >= 0.3 is 0 Å². The number of carbonyl (C=O) groups excluding carboxylic acids is 2. The Kier molecular flexibility index (Phi) is 7.80. The Hall–Kier alpha value is -4.08. The third-order valence-electron chi connectivity index (χ3n) is 7.46. The first-order valence-electron chi connectivity index (χ1n) is 13.7. The summed E-state index contributed by atoms with van der Waals surface area (Å²) in [7, 11) is 1.63. The molecule has 1 fully saturated rings. The average molecular weight is 569 g/mol. The van der Waals surface area contributed by atoms with Crippen molar-refractivity contribution in [1.82, 2.24) is 14.7 Å². The van der Waals surface area contributed by atoms with Gasteiger partial charge in [-0.05, 0) is 36.8 Å². The molecule has 9 heteroatoms. The van der Waals surface area contributed by atoms with Gasteiger partial charge in [-0.15, -0.1) is 11.8 Å². The van der Waals surface area contributed by atoms with Gasteiger partial charge in [-0.1, -0.05) is 60.2 Å². The number of hydrogen-bond donors (Lipinski definition) is 0.